The number of nitrogens with one attached hydrogen (secondary N) is 1. The third kappa shape index (κ3) is 4.04. The molecule has 1 atom stereocenters. The predicted octanol–water partition coefficient (Wildman–Crippen LogP) is 3.77. The van der Waals surface area contributed by atoms with Crippen molar-refractivity contribution in [2.75, 3.05) is 7.11 Å². The van der Waals surface area contributed by atoms with E-state index in [2.05, 4.69) is 24.4 Å². The predicted molar refractivity (Wildman–Crippen MR) is 96.1 cm³/mol. The lowest BCUT2D eigenvalue weighted by Gasteiger charge is -2.21. The summed E-state index contributed by atoms with van der Waals surface area (Å²) in [5.74, 6) is 1.18. The molecule has 2 aromatic rings. The number of rotatable bonds is 8. The fourth-order valence-corrected chi connectivity index (χ4v) is 2.95. The molecule has 1 fully saturated rings. The largest absolute Gasteiger partial charge is 0.497 e. The second kappa shape index (κ2) is 7.18. The first-order chi connectivity index (χ1) is 11.6. The Bertz CT molecular complexity index is 675. The van der Waals surface area contributed by atoms with Gasteiger partial charge in [0.15, 0.2) is 5.78 Å². The minimum atomic E-state index is -0.147. The third-order valence-electron chi connectivity index (χ3n) is 4.91. The van der Waals surface area contributed by atoms with Crippen LogP contribution in [0.5, 0.6) is 5.75 Å². The molecule has 0 heterocycles. The molecule has 0 radical (unpaired) electrons. The molecule has 1 aliphatic carbocycles. The number of methoxy groups -OCH3 is 1. The van der Waals surface area contributed by atoms with E-state index in [1.807, 2.05) is 42.5 Å². The summed E-state index contributed by atoms with van der Waals surface area (Å²) < 4.78 is 5.21. The molecule has 0 amide bonds. The highest BCUT2D eigenvalue weighted by Gasteiger charge is 2.47. The zero-order valence-corrected chi connectivity index (χ0v) is 14.4. The Labute approximate surface area is 144 Å². The van der Waals surface area contributed by atoms with E-state index in [1.54, 1.807) is 7.11 Å². The van der Waals surface area contributed by atoms with E-state index in [0.29, 0.717) is 18.7 Å². The summed E-state index contributed by atoms with van der Waals surface area (Å²) in [7, 11) is 1.66. The third-order valence-corrected chi connectivity index (χ3v) is 4.91. The highest BCUT2D eigenvalue weighted by atomic mass is 16.5. The minimum Gasteiger partial charge on any atom is -0.497 e. The van der Waals surface area contributed by atoms with Gasteiger partial charge in [0.05, 0.1) is 13.2 Å². The first kappa shape index (κ1) is 16.7. The van der Waals surface area contributed by atoms with Crippen molar-refractivity contribution in [3.63, 3.8) is 0 Å². The lowest BCUT2D eigenvalue weighted by Crippen LogP contribution is -2.41. The van der Waals surface area contributed by atoms with Crippen LogP contribution in [0, 0.1) is 5.41 Å². The van der Waals surface area contributed by atoms with Crippen LogP contribution in [0.25, 0.3) is 0 Å². The Kier molecular flexibility index (Phi) is 5.00. The van der Waals surface area contributed by atoms with Gasteiger partial charge in [-0.25, -0.2) is 0 Å². The van der Waals surface area contributed by atoms with Crippen molar-refractivity contribution in [1.29, 1.82) is 0 Å². The molecule has 24 heavy (non-hydrogen) atoms. The molecule has 0 saturated heterocycles. The van der Waals surface area contributed by atoms with E-state index < -0.39 is 0 Å². The van der Waals surface area contributed by atoms with Crippen LogP contribution in [-0.4, -0.2) is 18.9 Å². The number of Topliss-reactive ketones (excluding diaryl/α,β-unsaturated/α-hetero) is 1. The molecule has 0 aliphatic heterocycles. The normalized spacial score (nSPS) is 16.4. The van der Waals surface area contributed by atoms with Gasteiger partial charge >= 0.3 is 0 Å². The zero-order valence-electron chi connectivity index (χ0n) is 14.4. The topological polar surface area (TPSA) is 38.3 Å². The quantitative estimate of drug-likeness (QED) is 0.804. The number of carbonyl (C=O) groups excluding carboxylic acids is 1. The molecular formula is C21H25NO2. The second-order valence-electron chi connectivity index (χ2n) is 6.90. The molecule has 1 unspecified atom stereocenters. The summed E-state index contributed by atoms with van der Waals surface area (Å²) in [6.45, 7) is 2.80. The Morgan fingerprint density at radius 2 is 1.75 bits per heavy atom. The van der Waals surface area contributed by atoms with Crippen molar-refractivity contribution in [2.45, 2.75) is 38.8 Å². The van der Waals surface area contributed by atoms with Crippen molar-refractivity contribution in [1.82, 2.24) is 5.32 Å². The average Bonchev–Trinajstić information content (AvgIpc) is 3.38. The van der Waals surface area contributed by atoms with Gasteiger partial charge in [0.1, 0.15) is 5.75 Å². The number of benzene rings is 2. The van der Waals surface area contributed by atoms with Crippen LogP contribution in [0.3, 0.4) is 0 Å². The minimum absolute atomic E-state index is 0.124. The van der Waals surface area contributed by atoms with Crippen LogP contribution in [0.2, 0.25) is 0 Å². The molecule has 3 heteroatoms. The van der Waals surface area contributed by atoms with E-state index >= 15 is 0 Å². The number of carbonyl (C=O) groups is 1. The van der Waals surface area contributed by atoms with Gasteiger partial charge in [-0.3, -0.25) is 4.79 Å². The van der Waals surface area contributed by atoms with Crippen LogP contribution in [0.4, 0.5) is 0 Å². The lowest BCUT2D eigenvalue weighted by atomic mass is 9.92. The Balaban J connectivity index is 1.70. The number of ether oxygens (including phenoxy) is 1. The first-order valence-electron chi connectivity index (χ1n) is 8.55. The van der Waals surface area contributed by atoms with Gasteiger partial charge in [-0.05, 0) is 42.5 Å². The summed E-state index contributed by atoms with van der Waals surface area (Å²) in [5.41, 5.74) is 2.23. The van der Waals surface area contributed by atoms with Gasteiger partial charge < -0.3 is 10.1 Å². The average molecular weight is 323 g/mol. The van der Waals surface area contributed by atoms with Crippen molar-refractivity contribution in [2.24, 2.45) is 5.41 Å². The van der Waals surface area contributed by atoms with Crippen molar-refractivity contribution >= 4 is 5.78 Å². The fraction of sp³-hybridized carbons (Fsp3) is 0.381. The molecule has 1 saturated carbocycles. The summed E-state index contributed by atoms with van der Waals surface area (Å²) >= 11 is 0. The number of hydrogen-bond donors (Lipinski definition) is 1. The zero-order chi connectivity index (χ0) is 17.0. The maximum atomic E-state index is 12.9. The molecule has 1 N–H and O–H groups in total. The molecule has 0 spiro atoms. The molecule has 3 rings (SSSR count). The van der Waals surface area contributed by atoms with Gasteiger partial charge in [0.25, 0.3) is 0 Å². The summed E-state index contributed by atoms with van der Waals surface area (Å²) in [4.78, 5) is 12.9. The molecule has 3 nitrogen and oxygen atoms in total. The van der Waals surface area contributed by atoms with Gasteiger partial charge in [-0.15, -0.1) is 0 Å². The Morgan fingerprint density at radius 3 is 2.33 bits per heavy atom. The Hall–Kier alpha value is -2.13. The SMILES string of the molecule is COc1ccc(CC(NCc2ccccc2)C(=O)C2(C)CC2)cc1. The molecule has 2 aromatic carbocycles. The summed E-state index contributed by atoms with van der Waals surface area (Å²) in [6.07, 6.45) is 2.74. The maximum absolute atomic E-state index is 12.9. The molecule has 126 valence electrons. The Morgan fingerprint density at radius 1 is 1.08 bits per heavy atom. The van der Waals surface area contributed by atoms with Crippen LogP contribution in [0.15, 0.2) is 54.6 Å². The van der Waals surface area contributed by atoms with E-state index in [1.165, 1.54) is 5.56 Å². The van der Waals surface area contributed by atoms with Crippen LogP contribution in [-0.2, 0) is 17.8 Å². The van der Waals surface area contributed by atoms with Crippen molar-refractivity contribution in [3.8, 4) is 5.75 Å². The monoisotopic (exact) mass is 323 g/mol. The van der Waals surface area contributed by atoms with E-state index in [0.717, 1.165) is 24.2 Å². The summed E-state index contributed by atoms with van der Waals surface area (Å²) in [5, 5.41) is 3.48. The lowest BCUT2D eigenvalue weighted by molar-refractivity contribution is -0.125. The first-order valence-corrected chi connectivity index (χ1v) is 8.55. The van der Waals surface area contributed by atoms with Crippen LogP contribution in [0.1, 0.15) is 30.9 Å². The maximum Gasteiger partial charge on any atom is 0.155 e. The van der Waals surface area contributed by atoms with Crippen LogP contribution >= 0.6 is 0 Å². The van der Waals surface area contributed by atoms with Gasteiger partial charge in [0.2, 0.25) is 0 Å². The highest BCUT2D eigenvalue weighted by Crippen LogP contribution is 2.46. The number of hydrogen-bond acceptors (Lipinski definition) is 3. The van der Waals surface area contributed by atoms with E-state index in [9.17, 15) is 4.79 Å². The second-order valence-corrected chi connectivity index (χ2v) is 6.90. The van der Waals surface area contributed by atoms with Gasteiger partial charge in [-0.2, -0.15) is 0 Å². The molecular weight excluding hydrogens is 298 g/mol. The standard InChI is InChI=1S/C21H25NO2/c1-21(12-13-21)20(23)19(22-15-17-6-4-3-5-7-17)14-16-8-10-18(24-2)11-9-16/h3-11,19,22H,12-15H2,1-2H3. The van der Waals surface area contributed by atoms with Crippen LogP contribution < -0.4 is 10.1 Å². The number of ketones is 1. The van der Waals surface area contributed by atoms with E-state index in [4.69, 9.17) is 4.74 Å². The van der Waals surface area contributed by atoms with Crippen molar-refractivity contribution < 1.29 is 9.53 Å². The summed E-state index contributed by atoms with van der Waals surface area (Å²) in [6, 6.07) is 18.1. The fourth-order valence-electron chi connectivity index (χ4n) is 2.95. The molecule has 1 aliphatic rings. The van der Waals surface area contributed by atoms with Gasteiger partial charge in [0, 0.05) is 12.0 Å². The molecule has 0 bridgehead atoms. The van der Waals surface area contributed by atoms with E-state index in [-0.39, 0.29) is 11.5 Å². The highest BCUT2D eigenvalue weighted by molar-refractivity contribution is 5.91. The van der Waals surface area contributed by atoms with Gasteiger partial charge in [-0.1, -0.05) is 49.4 Å². The smallest absolute Gasteiger partial charge is 0.155 e. The molecule has 0 aromatic heterocycles. The van der Waals surface area contributed by atoms with Crippen molar-refractivity contribution in [3.05, 3.63) is 65.7 Å².